The molecule has 1 aliphatic heterocycles. The van der Waals surface area contributed by atoms with Gasteiger partial charge >= 0.3 is 18.0 Å². The number of nitrogens with zero attached hydrogens (tertiary/aromatic N) is 1. The van der Waals surface area contributed by atoms with E-state index >= 15 is 0 Å². The average molecular weight is 523 g/mol. The maximum absolute atomic E-state index is 14.5. The van der Waals surface area contributed by atoms with E-state index in [1.165, 1.54) is 17.0 Å². The van der Waals surface area contributed by atoms with Crippen molar-refractivity contribution in [2.75, 3.05) is 13.1 Å². The van der Waals surface area contributed by atoms with E-state index in [2.05, 4.69) is 0 Å². The van der Waals surface area contributed by atoms with E-state index in [0.29, 0.717) is 18.5 Å². The zero-order valence-corrected chi connectivity index (χ0v) is 18.9. The SMILES string of the molecule is O=CN1CCC(c2ccc(C(F)(C(F)(F)F)C(F)(F)F)cc2)(S(=O)(=O)c2cccc(C3CC3)c2)C1. The van der Waals surface area contributed by atoms with Gasteiger partial charge < -0.3 is 4.90 Å². The van der Waals surface area contributed by atoms with Gasteiger partial charge in [0.1, 0.15) is 4.75 Å². The van der Waals surface area contributed by atoms with Crippen molar-refractivity contribution in [2.45, 2.75) is 52.8 Å². The molecule has 1 saturated heterocycles. The minimum absolute atomic E-state index is 0.00491. The summed E-state index contributed by atoms with van der Waals surface area (Å²) in [4.78, 5) is 12.5. The molecule has 4 nitrogen and oxygen atoms in total. The Kier molecular flexibility index (Phi) is 5.97. The Morgan fingerprint density at radius 2 is 1.51 bits per heavy atom. The van der Waals surface area contributed by atoms with Gasteiger partial charge in [0.05, 0.1) is 4.90 Å². The van der Waals surface area contributed by atoms with Crippen molar-refractivity contribution in [3.63, 3.8) is 0 Å². The fourth-order valence-corrected chi connectivity index (χ4v) is 6.72. The number of carbonyl (C=O) groups excluding carboxylic acids is 1. The number of sulfone groups is 1. The van der Waals surface area contributed by atoms with E-state index in [9.17, 15) is 43.9 Å². The molecule has 2 aromatic rings. The Balaban J connectivity index is 1.82. The molecule has 1 atom stereocenters. The summed E-state index contributed by atoms with van der Waals surface area (Å²) in [6.45, 7) is -0.351. The van der Waals surface area contributed by atoms with E-state index in [1.54, 1.807) is 12.1 Å². The molecule has 2 fully saturated rings. The second-order valence-corrected chi connectivity index (χ2v) is 11.2. The van der Waals surface area contributed by atoms with Gasteiger partial charge in [0, 0.05) is 18.7 Å². The van der Waals surface area contributed by atoms with Crippen LogP contribution in [0.2, 0.25) is 0 Å². The van der Waals surface area contributed by atoms with Crippen molar-refractivity contribution in [1.82, 2.24) is 4.90 Å². The molecule has 0 N–H and O–H groups in total. The first-order valence-corrected chi connectivity index (χ1v) is 12.1. The zero-order chi connectivity index (χ0) is 25.9. The summed E-state index contributed by atoms with van der Waals surface area (Å²) < 4.78 is 119. The first kappa shape index (κ1) is 25.5. The highest BCUT2D eigenvalue weighted by molar-refractivity contribution is 7.92. The zero-order valence-electron chi connectivity index (χ0n) is 18.0. The Labute approximate surface area is 196 Å². The maximum atomic E-state index is 14.5. The van der Waals surface area contributed by atoms with Crippen LogP contribution in [-0.4, -0.2) is 45.2 Å². The summed E-state index contributed by atoms with van der Waals surface area (Å²) >= 11 is 0. The highest BCUT2D eigenvalue weighted by Crippen LogP contribution is 2.54. The van der Waals surface area contributed by atoms with Crippen LogP contribution in [0.4, 0.5) is 30.7 Å². The number of halogens is 7. The van der Waals surface area contributed by atoms with Crippen molar-refractivity contribution in [1.29, 1.82) is 0 Å². The number of amides is 1. The van der Waals surface area contributed by atoms with Gasteiger partial charge in [-0.3, -0.25) is 4.79 Å². The number of likely N-dealkylation sites (tertiary alicyclic amines) is 1. The first-order valence-electron chi connectivity index (χ1n) is 10.6. The molecule has 35 heavy (non-hydrogen) atoms. The van der Waals surface area contributed by atoms with Gasteiger partial charge in [-0.15, -0.1) is 0 Å². The summed E-state index contributed by atoms with van der Waals surface area (Å²) in [6.07, 6.45) is -10.5. The minimum Gasteiger partial charge on any atom is -0.343 e. The van der Waals surface area contributed by atoms with Crippen LogP contribution in [0.5, 0.6) is 0 Å². The standard InChI is InChI=1S/C23H20F7NO3S/c24-21(22(25,26)27,23(28,29)30)18-8-6-17(7-9-18)20(10-11-31(13-20)14-32)35(33,34)19-3-1-2-16(12-19)15-4-5-15/h1-3,6-9,12,14-15H,4-5,10-11,13H2. The highest BCUT2D eigenvalue weighted by atomic mass is 32.2. The number of rotatable bonds is 6. The molecule has 1 heterocycles. The third-order valence-corrected chi connectivity index (χ3v) is 9.20. The number of benzene rings is 2. The van der Waals surface area contributed by atoms with Crippen molar-refractivity contribution < 1.29 is 43.9 Å². The lowest BCUT2D eigenvalue weighted by Crippen LogP contribution is -2.50. The van der Waals surface area contributed by atoms with Gasteiger partial charge in [-0.1, -0.05) is 36.4 Å². The molecular weight excluding hydrogens is 503 g/mol. The summed E-state index contributed by atoms with van der Waals surface area (Å²) in [5.74, 6) is 0.220. The lowest BCUT2D eigenvalue weighted by molar-refractivity contribution is -0.348. The third kappa shape index (κ3) is 3.99. The molecule has 1 amide bonds. The molecule has 190 valence electrons. The van der Waals surface area contributed by atoms with Crippen molar-refractivity contribution in [3.8, 4) is 0 Å². The van der Waals surface area contributed by atoms with Crippen molar-refractivity contribution in [2.24, 2.45) is 0 Å². The summed E-state index contributed by atoms with van der Waals surface area (Å²) in [7, 11) is -4.27. The highest BCUT2D eigenvalue weighted by Gasteiger charge is 2.73. The number of hydrogen-bond acceptors (Lipinski definition) is 3. The molecule has 12 heteroatoms. The molecule has 2 aromatic carbocycles. The van der Waals surface area contributed by atoms with Crippen LogP contribution in [0, 0.1) is 0 Å². The van der Waals surface area contributed by atoms with Gasteiger partial charge in [0.2, 0.25) is 6.41 Å². The van der Waals surface area contributed by atoms with Gasteiger partial charge in [0.15, 0.2) is 9.84 Å². The van der Waals surface area contributed by atoms with Crippen LogP contribution < -0.4 is 0 Å². The molecule has 1 aliphatic carbocycles. The quantitative estimate of drug-likeness (QED) is 0.377. The second kappa shape index (κ2) is 8.21. The third-order valence-electron chi connectivity index (χ3n) is 6.73. The molecular formula is C23H20F7NO3S. The van der Waals surface area contributed by atoms with Crippen LogP contribution in [0.15, 0.2) is 53.4 Å². The van der Waals surface area contributed by atoms with E-state index in [4.69, 9.17) is 0 Å². The number of hydrogen-bond donors (Lipinski definition) is 0. The van der Waals surface area contributed by atoms with Crippen molar-refractivity contribution >= 4 is 16.2 Å². The Bertz CT molecular complexity index is 1210. The monoisotopic (exact) mass is 523 g/mol. The average Bonchev–Trinajstić information content (AvgIpc) is 3.55. The minimum atomic E-state index is -6.29. The maximum Gasteiger partial charge on any atom is 0.435 e. The normalized spacial score (nSPS) is 21.9. The molecule has 1 saturated carbocycles. The van der Waals surface area contributed by atoms with Gasteiger partial charge in [-0.05, 0) is 48.4 Å². The fraction of sp³-hybridized carbons (Fsp3) is 0.435. The van der Waals surface area contributed by atoms with Crippen LogP contribution in [0.25, 0.3) is 0 Å². The second-order valence-electron chi connectivity index (χ2n) is 8.90. The molecule has 1 unspecified atom stereocenters. The number of alkyl halides is 7. The Hall–Kier alpha value is -2.63. The van der Waals surface area contributed by atoms with E-state index < -0.39 is 38.2 Å². The Morgan fingerprint density at radius 1 is 0.914 bits per heavy atom. The summed E-state index contributed by atoms with van der Waals surface area (Å²) in [5.41, 5.74) is -6.67. The predicted molar refractivity (Wildman–Crippen MR) is 111 cm³/mol. The van der Waals surface area contributed by atoms with E-state index in [-0.39, 0.29) is 35.9 Å². The molecule has 0 spiro atoms. The molecule has 2 aliphatic rings. The lowest BCUT2D eigenvalue weighted by atomic mass is 9.90. The van der Waals surface area contributed by atoms with Crippen molar-refractivity contribution in [3.05, 3.63) is 65.2 Å². The topological polar surface area (TPSA) is 54.5 Å². The summed E-state index contributed by atoms with van der Waals surface area (Å²) in [6, 6.07) is 8.34. The predicted octanol–water partition coefficient (Wildman–Crippen LogP) is 5.38. The van der Waals surface area contributed by atoms with E-state index in [0.717, 1.165) is 30.5 Å². The van der Waals surface area contributed by atoms with Gasteiger partial charge in [-0.25, -0.2) is 12.8 Å². The smallest absolute Gasteiger partial charge is 0.343 e. The Morgan fingerprint density at radius 3 is 2.00 bits per heavy atom. The largest absolute Gasteiger partial charge is 0.435 e. The molecule has 0 aromatic heterocycles. The molecule has 4 rings (SSSR count). The summed E-state index contributed by atoms with van der Waals surface area (Å²) in [5, 5.41) is 0. The molecule has 0 bridgehead atoms. The number of carbonyl (C=O) groups is 1. The molecule has 0 radical (unpaired) electrons. The van der Waals surface area contributed by atoms with E-state index in [1.807, 2.05) is 0 Å². The van der Waals surface area contributed by atoms with Crippen LogP contribution in [0.1, 0.15) is 41.9 Å². The van der Waals surface area contributed by atoms with Gasteiger partial charge in [0.25, 0.3) is 0 Å². The lowest BCUT2D eigenvalue weighted by Gasteiger charge is -2.32. The van der Waals surface area contributed by atoms with Crippen LogP contribution >= 0.6 is 0 Å². The van der Waals surface area contributed by atoms with Gasteiger partial charge in [-0.2, -0.15) is 26.3 Å². The van der Waals surface area contributed by atoms with Crippen LogP contribution in [0.3, 0.4) is 0 Å². The fourth-order valence-electron chi connectivity index (χ4n) is 4.58. The first-order chi connectivity index (χ1) is 16.2. The van der Waals surface area contributed by atoms with Crippen LogP contribution in [-0.2, 0) is 25.0 Å².